The van der Waals surface area contributed by atoms with Gasteiger partial charge in [0.05, 0.1) is 5.75 Å². The van der Waals surface area contributed by atoms with Crippen molar-refractivity contribution < 1.29 is 13.5 Å². The second-order valence-electron chi connectivity index (χ2n) is 2.32. The summed E-state index contributed by atoms with van der Waals surface area (Å²) >= 11 is 1.57. The molecule has 0 aliphatic carbocycles. The van der Waals surface area contributed by atoms with Gasteiger partial charge in [-0.15, -0.1) is 0 Å². The van der Waals surface area contributed by atoms with Crippen LogP contribution in [0.5, 0.6) is 0 Å². The molecule has 0 rings (SSSR count). The number of rotatable bonds is 6. The highest BCUT2D eigenvalue weighted by Gasteiger charge is 2.00. The van der Waals surface area contributed by atoms with Gasteiger partial charge in [-0.25, -0.2) is 8.42 Å². The maximum atomic E-state index is 10.6. The third-order valence-corrected chi connectivity index (χ3v) is 3.32. The van der Waals surface area contributed by atoms with Gasteiger partial charge in [-0.2, -0.15) is 11.8 Å². The monoisotopic (exact) mass is 198 g/mol. The van der Waals surface area contributed by atoms with Crippen LogP contribution in [-0.2, 0) is 9.84 Å². The Hall–Kier alpha value is 0.260. The van der Waals surface area contributed by atoms with Crippen LogP contribution < -0.4 is 0 Å². The van der Waals surface area contributed by atoms with Crippen LogP contribution in [0.2, 0.25) is 0 Å². The maximum Gasteiger partial charge on any atom is 0.148 e. The third kappa shape index (κ3) is 10.3. The van der Waals surface area contributed by atoms with Crippen molar-refractivity contribution >= 4 is 21.6 Å². The molecule has 0 unspecified atom stereocenters. The van der Waals surface area contributed by atoms with Crippen LogP contribution in [0.25, 0.3) is 0 Å². The molecule has 11 heavy (non-hydrogen) atoms. The van der Waals surface area contributed by atoms with Gasteiger partial charge in [0.1, 0.15) is 9.84 Å². The molecule has 5 heteroatoms. The predicted molar refractivity (Wildman–Crippen MR) is 48.7 cm³/mol. The van der Waals surface area contributed by atoms with Crippen LogP contribution >= 0.6 is 11.8 Å². The van der Waals surface area contributed by atoms with Crippen molar-refractivity contribution in [3.63, 3.8) is 0 Å². The van der Waals surface area contributed by atoms with Gasteiger partial charge in [0.2, 0.25) is 0 Å². The lowest BCUT2D eigenvalue weighted by molar-refractivity contribution is 0.296. The van der Waals surface area contributed by atoms with E-state index < -0.39 is 9.84 Å². The van der Waals surface area contributed by atoms with Crippen LogP contribution in [0.15, 0.2) is 0 Å². The summed E-state index contributed by atoms with van der Waals surface area (Å²) < 4.78 is 21.2. The van der Waals surface area contributed by atoms with E-state index in [1.807, 2.05) is 0 Å². The first-order valence-corrected chi connectivity index (χ1v) is 6.64. The minimum atomic E-state index is -2.79. The highest BCUT2D eigenvalue weighted by atomic mass is 32.2. The molecule has 1 N–H and O–H groups in total. The van der Waals surface area contributed by atoms with Crippen molar-refractivity contribution in [1.82, 2.24) is 0 Å². The fraction of sp³-hybridized carbons (Fsp3) is 1.00. The Kier molecular flexibility index (Phi) is 5.99. The Balaban J connectivity index is 3.16. The first-order valence-electron chi connectivity index (χ1n) is 3.42. The molecule has 0 bridgehead atoms. The van der Waals surface area contributed by atoms with E-state index in [2.05, 4.69) is 0 Å². The summed E-state index contributed by atoms with van der Waals surface area (Å²) in [5.41, 5.74) is 0. The Morgan fingerprint density at radius 1 is 1.36 bits per heavy atom. The number of aliphatic hydroxyl groups excluding tert-OH is 1. The van der Waals surface area contributed by atoms with E-state index in [9.17, 15) is 8.42 Å². The molecular weight excluding hydrogens is 184 g/mol. The van der Waals surface area contributed by atoms with Gasteiger partial charge in [0.15, 0.2) is 0 Å². The summed E-state index contributed by atoms with van der Waals surface area (Å²) in [7, 11) is -2.79. The summed E-state index contributed by atoms with van der Waals surface area (Å²) in [4.78, 5) is 0. The number of hydrogen-bond acceptors (Lipinski definition) is 4. The van der Waals surface area contributed by atoms with Crippen molar-refractivity contribution in [3.05, 3.63) is 0 Å². The first kappa shape index (κ1) is 11.3. The van der Waals surface area contributed by atoms with Crippen LogP contribution in [0, 0.1) is 0 Å². The zero-order chi connectivity index (χ0) is 8.74. The first-order chi connectivity index (χ1) is 5.06. The molecule has 68 valence electrons. The summed E-state index contributed by atoms with van der Waals surface area (Å²) in [6.07, 6.45) is 1.98. The number of thioether (sulfide) groups is 1. The van der Waals surface area contributed by atoms with Gasteiger partial charge in [-0.3, -0.25) is 0 Å². The van der Waals surface area contributed by atoms with Gasteiger partial charge < -0.3 is 5.11 Å². The average molecular weight is 198 g/mol. The van der Waals surface area contributed by atoms with Crippen LogP contribution in [0.3, 0.4) is 0 Å². The Morgan fingerprint density at radius 2 is 2.00 bits per heavy atom. The molecule has 0 fully saturated rings. The normalized spacial score (nSPS) is 11.8. The van der Waals surface area contributed by atoms with Gasteiger partial charge in [-0.05, 0) is 12.2 Å². The number of hydrogen-bond donors (Lipinski definition) is 1. The van der Waals surface area contributed by atoms with E-state index in [1.165, 1.54) is 6.26 Å². The molecule has 3 nitrogen and oxygen atoms in total. The van der Waals surface area contributed by atoms with Crippen molar-refractivity contribution in [1.29, 1.82) is 0 Å². The largest absolute Gasteiger partial charge is 0.396 e. The van der Waals surface area contributed by atoms with Gasteiger partial charge in [-0.1, -0.05) is 0 Å². The predicted octanol–water partition coefficient (Wildman–Crippen LogP) is 0.147. The Morgan fingerprint density at radius 3 is 2.45 bits per heavy atom. The molecule has 0 aliphatic rings. The molecule has 0 saturated heterocycles. The molecule has 0 aromatic heterocycles. The summed E-state index contributed by atoms with van der Waals surface area (Å²) in [5, 5.41) is 8.39. The molecule has 0 radical (unpaired) electrons. The SMILES string of the molecule is CS(=O)(=O)CCSCCCO. The minimum absolute atomic E-state index is 0.186. The van der Waals surface area contributed by atoms with Gasteiger partial charge in [0.25, 0.3) is 0 Å². The van der Waals surface area contributed by atoms with Crippen molar-refractivity contribution in [2.45, 2.75) is 6.42 Å². The Bertz CT molecular complexity index is 174. The standard InChI is InChI=1S/C6H14O3S2/c1-11(8,9)6-5-10-4-2-3-7/h7H,2-6H2,1H3. The molecule has 0 atom stereocenters. The summed E-state index contributed by atoms with van der Waals surface area (Å²) in [5.74, 6) is 1.72. The van der Waals surface area contributed by atoms with Crippen molar-refractivity contribution in [2.24, 2.45) is 0 Å². The lowest BCUT2D eigenvalue weighted by Crippen LogP contribution is -2.05. The zero-order valence-corrected chi connectivity index (χ0v) is 8.25. The van der Waals surface area contributed by atoms with Gasteiger partial charge in [0, 0.05) is 18.6 Å². The fourth-order valence-corrected chi connectivity index (χ4v) is 2.70. The van der Waals surface area contributed by atoms with E-state index in [1.54, 1.807) is 11.8 Å². The van der Waals surface area contributed by atoms with E-state index in [0.717, 1.165) is 12.2 Å². The van der Waals surface area contributed by atoms with E-state index in [0.29, 0.717) is 5.75 Å². The lowest BCUT2D eigenvalue weighted by Gasteiger charge is -1.97. The Labute approximate surface area is 72.1 Å². The highest BCUT2D eigenvalue weighted by molar-refractivity contribution is 8.00. The fourth-order valence-electron chi connectivity index (χ4n) is 0.479. The molecule has 0 aromatic rings. The topological polar surface area (TPSA) is 54.4 Å². The second kappa shape index (κ2) is 5.85. The lowest BCUT2D eigenvalue weighted by atomic mass is 10.5. The summed E-state index contributed by atoms with van der Waals surface area (Å²) in [6.45, 7) is 0.186. The summed E-state index contributed by atoms with van der Waals surface area (Å²) in [6, 6.07) is 0. The van der Waals surface area contributed by atoms with Crippen molar-refractivity contribution in [2.75, 3.05) is 30.1 Å². The zero-order valence-electron chi connectivity index (χ0n) is 6.62. The van der Waals surface area contributed by atoms with E-state index in [4.69, 9.17) is 5.11 Å². The number of sulfone groups is 1. The molecule has 0 spiro atoms. The quantitative estimate of drug-likeness (QED) is 0.617. The number of aliphatic hydroxyl groups is 1. The smallest absolute Gasteiger partial charge is 0.148 e. The molecule has 0 aliphatic heterocycles. The van der Waals surface area contributed by atoms with E-state index in [-0.39, 0.29) is 12.4 Å². The second-order valence-corrected chi connectivity index (χ2v) is 5.80. The average Bonchev–Trinajstić information content (AvgIpc) is 1.85. The molecule has 0 aromatic carbocycles. The molecular formula is C6H14O3S2. The van der Waals surface area contributed by atoms with Crippen LogP contribution in [-0.4, -0.2) is 43.6 Å². The molecule has 0 saturated carbocycles. The van der Waals surface area contributed by atoms with Crippen LogP contribution in [0.4, 0.5) is 0 Å². The molecule has 0 heterocycles. The highest BCUT2D eigenvalue weighted by Crippen LogP contribution is 2.02. The van der Waals surface area contributed by atoms with Crippen LogP contribution in [0.1, 0.15) is 6.42 Å². The van der Waals surface area contributed by atoms with E-state index >= 15 is 0 Å². The maximum absolute atomic E-state index is 10.6. The van der Waals surface area contributed by atoms with Crippen molar-refractivity contribution in [3.8, 4) is 0 Å². The molecule has 0 amide bonds. The minimum Gasteiger partial charge on any atom is -0.396 e. The van der Waals surface area contributed by atoms with Gasteiger partial charge >= 0.3 is 0 Å². The third-order valence-electron chi connectivity index (χ3n) is 1.05.